The van der Waals surface area contributed by atoms with E-state index in [1.54, 1.807) is 7.11 Å². The van der Waals surface area contributed by atoms with Crippen LogP contribution in [0.3, 0.4) is 0 Å². The third-order valence-corrected chi connectivity index (χ3v) is 3.99. The number of ether oxygens (including phenoxy) is 1. The van der Waals surface area contributed by atoms with Crippen LogP contribution >= 0.6 is 15.9 Å². The Morgan fingerprint density at radius 1 is 1.29 bits per heavy atom. The molecule has 1 fully saturated rings. The Morgan fingerprint density at radius 3 is 2.65 bits per heavy atom. The molecule has 0 aliphatic carbocycles. The highest BCUT2D eigenvalue weighted by Crippen LogP contribution is 2.25. The summed E-state index contributed by atoms with van der Waals surface area (Å²) in [7, 11) is 1.79. The number of methoxy groups -OCH3 is 1. The maximum atomic E-state index is 5.41. The van der Waals surface area contributed by atoms with E-state index in [1.165, 1.54) is 24.8 Å². The summed E-state index contributed by atoms with van der Waals surface area (Å²) in [5.74, 6) is 0. The summed E-state index contributed by atoms with van der Waals surface area (Å²) in [6, 6.07) is 8.60. The van der Waals surface area contributed by atoms with Crippen LogP contribution in [0.1, 0.15) is 24.8 Å². The lowest BCUT2D eigenvalue weighted by molar-refractivity contribution is 0.0894. The van der Waals surface area contributed by atoms with E-state index in [1.807, 2.05) is 0 Å². The van der Waals surface area contributed by atoms with Crippen LogP contribution in [-0.2, 0) is 11.2 Å². The van der Waals surface area contributed by atoms with E-state index in [0.717, 1.165) is 24.0 Å². The van der Waals surface area contributed by atoms with Crippen molar-refractivity contribution in [3.63, 3.8) is 0 Å². The lowest BCUT2D eigenvalue weighted by Gasteiger charge is -2.38. The Labute approximate surface area is 112 Å². The number of nitrogens with one attached hydrogen (secondary N) is 1. The molecular weight excluding hydrogens is 278 g/mol. The topological polar surface area (TPSA) is 21.3 Å². The summed E-state index contributed by atoms with van der Waals surface area (Å²) < 4.78 is 6.55. The van der Waals surface area contributed by atoms with E-state index < -0.39 is 0 Å². The first-order chi connectivity index (χ1) is 8.24. The van der Waals surface area contributed by atoms with Crippen LogP contribution in [0.2, 0.25) is 0 Å². The summed E-state index contributed by atoms with van der Waals surface area (Å²) in [5.41, 5.74) is 1.51. The number of piperidine rings is 1. The molecule has 1 saturated heterocycles. The lowest BCUT2D eigenvalue weighted by Crippen LogP contribution is -2.53. The van der Waals surface area contributed by atoms with Gasteiger partial charge in [0.1, 0.15) is 0 Å². The average molecular weight is 298 g/mol. The van der Waals surface area contributed by atoms with Crippen molar-refractivity contribution in [2.45, 2.75) is 31.2 Å². The zero-order valence-corrected chi connectivity index (χ0v) is 11.9. The van der Waals surface area contributed by atoms with Gasteiger partial charge in [0.05, 0.1) is 6.61 Å². The monoisotopic (exact) mass is 297 g/mol. The molecule has 0 saturated carbocycles. The molecule has 0 aromatic heterocycles. The minimum Gasteiger partial charge on any atom is -0.383 e. The molecule has 1 aliphatic heterocycles. The molecule has 0 spiro atoms. The van der Waals surface area contributed by atoms with Crippen LogP contribution in [0.25, 0.3) is 0 Å². The zero-order valence-electron chi connectivity index (χ0n) is 10.3. The van der Waals surface area contributed by atoms with Crippen molar-refractivity contribution < 1.29 is 4.74 Å². The fourth-order valence-electron chi connectivity index (χ4n) is 2.62. The molecule has 1 N–H and O–H groups in total. The number of benzene rings is 1. The van der Waals surface area contributed by atoms with Gasteiger partial charge in [0, 0.05) is 17.1 Å². The van der Waals surface area contributed by atoms with Gasteiger partial charge in [-0.2, -0.15) is 0 Å². The Morgan fingerprint density at radius 2 is 2.06 bits per heavy atom. The van der Waals surface area contributed by atoms with Gasteiger partial charge in [-0.1, -0.05) is 34.5 Å². The molecule has 1 aromatic rings. The summed E-state index contributed by atoms with van der Waals surface area (Å²) in [4.78, 5) is 0. The van der Waals surface area contributed by atoms with E-state index in [4.69, 9.17) is 4.74 Å². The number of halogens is 1. The van der Waals surface area contributed by atoms with E-state index in [9.17, 15) is 0 Å². The standard InChI is InChI=1S/C14H20BrNO/c1-17-11-14(8-2-3-9-16-14)10-12-4-6-13(15)7-5-12/h4-7,16H,2-3,8-11H2,1H3. The fraction of sp³-hybridized carbons (Fsp3) is 0.571. The van der Waals surface area contributed by atoms with Gasteiger partial charge in [0.25, 0.3) is 0 Å². The lowest BCUT2D eigenvalue weighted by atomic mass is 9.84. The Kier molecular flexibility index (Phi) is 4.60. The second-order valence-electron chi connectivity index (χ2n) is 4.90. The first-order valence-corrected chi connectivity index (χ1v) is 7.02. The molecular formula is C14H20BrNO. The van der Waals surface area contributed by atoms with Gasteiger partial charge in [0.15, 0.2) is 0 Å². The van der Waals surface area contributed by atoms with Crippen molar-refractivity contribution in [2.75, 3.05) is 20.3 Å². The second-order valence-corrected chi connectivity index (χ2v) is 5.82. The van der Waals surface area contributed by atoms with Gasteiger partial charge in [-0.05, 0) is 43.5 Å². The first kappa shape index (κ1) is 13.1. The Balaban J connectivity index is 2.08. The van der Waals surface area contributed by atoms with Crippen LogP contribution in [0.15, 0.2) is 28.7 Å². The molecule has 2 rings (SSSR count). The number of hydrogen-bond donors (Lipinski definition) is 1. The Bertz CT molecular complexity index is 338. The first-order valence-electron chi connectivity index (χ1n) is 6.23. The van der Waals surface area contributed by atoms with Crippen LogP contribution in [0.4, 0.5) is 0 Å². The quantitative estimate of drug-likeness (QED) is 0.922. The normalized spacial score (nSPS) is 24.8. The van der Waals surface area contributed by atoms with E-state index in [2.05, 4.69) is 45.5 Å². The van der Waals surface area contributed by atoms with Crippen LogP contribution in [-0.4, -0.2) is 25.8 Å². The van der Waals surface area contributed by atoms with Crippen molar-refractivity contribution >= 4 is 15.9 Å². The van der Waals surface area contributed by atoms with Gasteiger partial charge in [-0.15, -0.1) is 0 Å². The van der Waals surface area contributed by atoms with E-state index in [0.29, 0.717) is 0 Å². The van der Waals surface area contributed by atoms with Gasteiger partial charge in [-0.25, -0.2) is 0 Å². The van der Waals surface area contributed by atoms with Crippen molar-refractivity contribution in [1.29, 1.82) is 0 Å². The zero-order chi connectivity index (χ0) is 12.1. The molecule has 1 aliphatic rings. The van der Waals surface area contributed by atoms with Crippen molar-refractivity contribution in [3.05, 3.63) is 34.3 Å². The van der Waals surface area contributed by atoms with Crippen molar-refractivity contribution in [2.24, 2.45) is 0 Å². The van der Waals surface area contributed by atoms with Gasteiger partial charge in [0.2, 0.25) is 0 Å². The molecule has 1 unspecified atom stereocenters. The van der Waals surface area contributed by atoms with Crippen LogP contribution in [0.5, 0.6) is 0 Å². The summed E-state index contributed by atoms with van der Waals surface area (Å²) >= 11 is 3.47. The molecule has 17 heavy (non-hydrogen) atoms. The second kappa shape index (κ2) is 5.98. The maximum absolute atomic E-state index is 5.41. The largest absolute Gasteiger partial charge is 0.383 e. The molecule has 1 atom stereocenters. The smallest absolute Gasteiger partial charge is 0.0647 e. The third-order valence-electron chi connectivity index (χ3n) is 3.46. The number of rotatable bonds is 4. The number of hydrogen-bond acceptors (Lipinski definition) is 2. The van der Waals surface area contributed by atoms with E-state index in [-0.39, 0.29) is 5.54 Å². The molecule has 1 aromatic carbocycles. The predicted molar refractivity (Wildman–Crippen MR) is 74.3 cm³/mol. The summed E-state index contributed by atoms with van der Waals surface area (Å²) in [6.45, 7) is 1.91. The average Bonchev–Trinajstić information content (AvgIpc) is 2.34. The van der Waals surface area contributed by atoms with Gasteiger partial charge >= 0.3 is 0 Å². The Hall–Kier alpha value is -0.380. The molecule has 3 heteroatoms. The molecule has 0 amide bonds. The summed E-state index contributed by atoms with van der Waals surface area (Å²) in [5, 5.41) is 3.66. The highest BCUT2D eigenvalue weighted by atomic mass is 79.9. The highest BCUT2D eigenvalue weighted by Gasteiger charge is 2.31. The van der Waals surface area contributed by atoms with Gasteiger partial charge in [-0.3, -0.25) is 0 Å². The minimum atomic E-state index is 0.140. The molecule has 2 nitrogen and oxygen atoms in total. The third kappa shape index (κ3) is 3.54. The minimum absolute atomic E-state index is 0.140. The van der Waals surface area contributed by atoms with Crippen molar-refractivity contribution in [1.82, 2.24) is 5.32 Å². The van der Waals surface area contributed by atoms with Crippen LogP contribution in [0, 0.1) is 0 Å². The predicted octanol–water partition coefficient (Wildman–Crippen LogP) is 3.15. The molecule has 94 valence electrons. The SMILES string of the molecule is COCC1(Cc2ccc(Br)cc2)CCCCN1. The molecule has 1 heterocycles. The highest BCUT2D eigenvalue weighted by molar-refractivity contribution is 9.10. The van der Waals surface area contributed by atoms with Crippen molar-refractivity contribution in [3.8, 4) is 0 Å². The van der Waals surface area contributed by atoms with E-state index >= 15 is 0 Å². The maximum Gasteiger partial charge on any atom is 0.0647 e. The molecule has 0 radical (unpaired) electrons. The molecule has 0 bridgehead atoms. The fourth-order valence-corrected chi connectivity index (χ4v) is 2.89. The summed E-state index contributed by atoms with van der Waals surface area (Å²) in [6.07, 6.45) is 4.84. The van der Waals surface area contributed by atoms with Gasteiger partial charge < -0.3 is 10.1 Å². The van der Waals surface area contributed by atoms with Crippen LogP contribution < -0.4 is 5.32 Å².